The molecule has 0 bridgehead atoms. The first-order valence-corrected chi connectivity index (χ1v) is 8.40. The predicted octanol–water partition coefficient (Wildman–Crippen LogP) is 3.67. The maximum absolute atomic E-state index is 12.5. The molecule has 26 heavy (non-hydrogen) atoms. The van der Waals surface area contributed by atoms with E-state index in [1.807, 2.05) is 37.3 Å². The number of benzene rings is 1. The van der Waals surface area contributed by atoms with Gasteiger partial charge in [0.05, 0.1) is 5.92 Å². The first-order valence-electron chi connectivity index (χ1n) is 8.40. The molecule has 1 fully saturated rings. The molecular weight excluding hydrogens is 371 g/mol. The third-order valence-corrected chi connectivity index (χ3v) is 4.40. The molecule has 0 saturated carbocycles. The molecule has 0 radical (unpaired) electrons. The molecule has 5 nitrogen and oxygen atoms in total. The van der Waals surface area contributed by atoms with Gasteiger partial charge in [-0.2, -0.15) is 0 Å². The van der Waals surface area contributed by atoms with Crippen LogP contribution in [-0.2, 0) is 11.3 Å². The van der Waals surface area contributed by atoms with E-state index in [0.717, 1.165) is 43.7 Å². The SMILES string of the molecule is Cc1ccc(NC(=O)C2CCCN(Cc3cccc(N)c3)C2)nc1.Cl.Cl. The highest BCUT2D eigenvalue weighted by Gasteiger charge is 2.26. The fourth-order valence-corrected chi connectivity index (χ4v) is 3.13. The number of carbonyl (C=O) groups is 1. The Labute approximate surface area is 167 Å². The molecule has 7 heteroatoms. The lowest BCUT2D eigenvalue weighted by atomic mass is 9.96. The Morgan fingerprint density at radius 2 is 2.12 bits per heavy atom. The number of carbonyl (C=O) groups excluding carboxylic acids is 1. The molecule has 1 aromatic carbocycles. The van der Waals surface area contributed by atoms with Crippen LogP contribution in [0.25, 0.3) is 0 Å². The monoisotopic (exact) mass is 396 g/mol. The van der Waals surface area contributed by atoms with Gasteiger partial charge in [0.25, 0.3) is 0 Å². The summed E-state index contributed by atoms with van der Waals surface area (Å²) < 4.78 is 0. The third kappa shape index (κ3) is 6.16. The number of pyridine rings is 1. The normalized spacial score (nSPS) is 16.9. The summed E-state index contributed by atoms with van der Waals surface area (Å²) in [7, 11) is 0. The molecule has 1 aliphatic heterocycles. The van der Waals surface area contributed by atoms with E-state index in [-0.39, 0.29) is 36.6 Å². The number of nitrogens with zero attached hydrogens (tertiary/aromatic N) is 2. The summed E-state index contributed by atoms with van der Waals surface area (Å²) in [4.78, 5) is 19.1. The zero-order chi connectivity index (χ0) is 16.9. The highest BCUT2D eigenvalue weighted by atomic mass is 35.5. The largest absolute Gasteiger partial charge is 0.399 e. The molecular formula is C19H26Cl2N4O. The van der Waals surface area contributed by atoms with Gasteiger partial charge in [0.15, 0.2) is 0 Å². The minimum Gasteiger partial charge on any atom is -0.399 e. The Morgan fingerprint density at radius 3 is 2.81 bits per heavy atom. The standard InChI is InChI=1S/C19H24N4O.2ClH/c1-14-7-8-18(21-11-14)22-19(24)16-5-3-9-23(13-16)12-15-4-2-6-17(20)10-15;;/h2,4,6-8,10-11,16H,3,5,9,12-13,20H2,1H3,(H,21,22,24);2*1H. The summed E-state index contributed by atoms with van der Waals surface area (Å²) in [5.74, 6) is 0.685. The molecule has 3 N–H and O–H groups in total. The van der Waals surface area contributed by atoms with Crippen molar-refractivity contribution in [2.75, 3.05) is 24.1 Å². The van der Waals surface area contributed by atoms with Gasteiger partial charge in [0.1, 0.15) is 5.82 Å². The third-order valence-electron chi connectivity index (χ3n) is 4.40. The summed E-state index contributed by atoms with van der Waals surface area (Å²) in [5.41, 5.74) is 8.90. The maximum Gasteiger partial charge on any atom is 0.229 e. The Bertz CT molecular complexity index is 709. The van der Waals surface area contributed by atoms with Gasteiger partial charge in [0, 0.05) is 25.0 Å². The van der Waals surface area contributed by atoms with E-state index in [4.69, 9.17) is 5.73 Å². The number of rotatable bonds is 4. The van der Waals surface area contributed by atoms with Crippen molar-refractivity contribution in [3.05, 3.63) is 53.7 Å². The lowest BCUT2D eigenvalue weighted by molar-refractivity contribution is -0.121. The number of aromatic nitrogens is 1. The van der Waals surface area contributed by atoms with Crippen LogP contribution in [0.5, 0.6) is 0 Å². The fraction of sp³-hybridized carbons (Fsp3) is 0.368. The molecule has 2 heterocycles. The van der Waals surface area contributed by atoms with Gasteiger partial charge in [-0.3, -0.25) is 9.69 Å². The number of anilines is 2. The molecule has 1 saturated heterocycles. The number of halogens is 2. The van der Waals surface area contributed by atoms with E-state index in [1.165, 1.54) is 5.56 Å². The van der Waals surface area contributed by atoms with Crippen LogP contribution in [0.2, 0.25) is 0 Å². The zero-order valence-electron chi connectivity index (χ0n) is 14.9. The fourth-order valence-electron chi connectivity index (χ4n) is 3.13. The van der Waals surface area contributed by atoms with Gasteiger partial charge in [-0.1, -0.05) is 18.2 Å². The zero-order valence-corrected chi connectivity index (χ0v) is 16.5. The molecule has 0 aliphatic carbocycles. The van der Waals surface area contributed by atoms with E-state index in [1.54, 1.807) is 6.20 Å². The van der Waals surface area contributed by atoms with Crippen LogP contribution in [0.1, 0.15) is 24.0 Å². The molecule has 1 atom stereocenters. The van der Waals surface area contributed by atoms with E-state index < -0.39 is 0 Å². The number of piperidine rings is 1. The van der Waals surface area contributed by atoms with Crippen molar-refractivity contribution in [1.82, 2.24) is 9.88 Å². The Kier molecular flexibility index (Phi) is 8.85. The summed E-state index contributed by atoms with van der Waals surface area (Å²) in [5, 5.41) is 2.94. The van der Waals surface area contributed by atoms with Crippen LogP contribution in [0.15, 0.2) is 42.6 Å². The highest BCUT2D eigenvalue weighted by Crippen LogP contribution is 2.20. The summed E-state index contributed by atoms with van der Waals surface area (Å²) in [6, 6.07) is 11.7. The molecule has 142 valence electrons. The number of hydrogen-bond donors (Lipinski definition) is 2. The first-order chi connectivity index (χ1) is 11.6. The second-order valence-corrected chi connectivity index (χ2v) is 6.53. The minimum absolute atomic E-state index is 0. The van der Waals surface area contributed by atoms with Crippen molar-refractivity contribution in [3.63, 3.8) is 0 Å². The number of aryl methyl sites for hydroxylation is 1. The van der Waals surface area contributed by atoms with Gasteiger partial charge < -0.3 is 11.1 Å². The average Bonchev–Trinajstić information content (AvgIpc) is 2.57. The molecule has 1 amide bonds. The lowest BCUT2D eigenvalue weighted by Gasteiger charge is -2.32. The number of likely N-dealkylation sites (tertiary alicyclic amines) is 1. The van der Waals surface area contributed by atoms with E-state index in [2.05, 4.69) is 21.3 Å². The van der Waals surface area contributed by atoms with Crippen LogP contribution in [0.3, 0.4) is 0 Å². The van der Waals surface area contributed by atoms with Gasteiger partial charge in [0.2, 0.25) is 5.91 Å². The van der Waals surface area contributed by atoms with Gasteiger partial charge in [-0.25, -0.2) is 4.98 Å². The summed E-state index contributed by atoms with van der Waals surface area (Å²) >= 11 is 0. The highest BCUT2D eigenvalue weighted by molar-refractivity contribution is 5.91. The van der Waals surface area contributed by atoms with Crippen molar-refractivity contribution in [1.29, 1.82) is 0 Å². The summed E-state index contributed by atoms with van der Waals surface area (Å²) in [6.07, 6.45) is 3.72. The van der Waals surface area contributed by atoms with Crippen molar-refractivity contribution >= 4 is 42.2 Å². The van der Waals surface area contributed by atoms with Crippen molar-refractivity contribution in [2.45, 2.75) is 26.3 Å². The minimum atomic E-state index is 0. The Morgan fingerprint density at radius 1 is 1.31 bits per heavy atom. The first kappa shape index (κ1) is 22.2. The molecule has 1 aliphatic rings. The van der Waals surface area contributed by atoms with E-state index in [9.17, 15) is 4.79 Å². The quantitative estimate of drug-likeness (QED) is 0.773. The number of hydrogen-bond acceptors (Lipinski definition) is 4. The second kappa shape index (κ2) is 10.4. The van der Waals surface area contributed by atoms with Gasteiger partial charge in [-0.05, 0) is 55.6 Å². The molecule has 2 aromatic rings. The average molecular weight is 397 g/mol. The van der Waals surface area contributed by atoms with Crippen molar-refractivity contribution in [2.24, 2.45) is 5.92 Å². The van der Waals surface area contributed by atoms with E-state index in [0.29, 0.717) is 5.82 Å². The number of amides is 1. The Balaban J connectivity index is 0.00000169. The van der Waals surface area contributed by atoms with E-state index >= 15 is 0 Å². The molecule has 3 rings (SSSR count). The topological polar surface area (TPSA) is 71.2 Å². The molecule has 1 unspecified atom stereocenters. The van der Waals surface area contributed by atoms with Crippen molar-refractivity contribution < 1.29 is 4.79 Å². The lowest BCUT2D eigenvalue weighted by Crippen LogP contribution is -2.40. The predicted molar refractivity (Wildman–Crippen MR) is 111 cm³/mol. The van der Waals surface area contributed by atoms with Crippen LogP contribution in [-0.4, -0.2) is 28.9 Å². The molecule has 0 spiro atoms. The van der Waals surface area contributed by atoms with Crippen LogP contribution < -0.4 is 11.1 Å². The number of nitrogens with two attached hydrogens (primary N) is 1. The Hall–Kier alpha value is -1.82. The van der Waals surface area contributed by atoms with Gasteiger partial charge in [-0.15, -0.1) is 24.8 Å². The smallest absolute Gasteiger partial charge is 0.229 e. The number of nitrogens with one attached hydrogen (secondary N) is 1. The van der Waals surface area contributed by atoms with Gasteiger partial charge >= 0.3 is 0 Å². The van der Waals surface area contributed by atoms with Crippen LogP contribution >= 0.6 is 24.8 Å². The maximum atomic E-state index is 12.5. The van der Waals surface area contributed by atoms with Crippen LogP contribution in [0, 0.1) is 12.8 Å². The molecule has 1 aromatic heterocycles. The second-order valence-electron chi connectivity index (χ2n) is 6.53. The van der Waals surface area contributed by atoms with Crippen molar-refractivity contribution in [3.8, 4) is 0 Å². The number of nitrogen functional groups attached to an aromatic ring is 1. The van der Waals surface area contributed by atoms with Crippen LogP contribution in [0.4, 0.5) is 11.5 Å². The summed E-state index contributed by atoms with van der Waals surface area (Å²) in [6.45, 7) is 4.60.